The molecule has 8 rings (SSSR count). The third kappa shape index (κ3) is 8.79. The molecule has 4 aliphatic carbocycles. The first-order valence-corrected chi connectivity index (χ1v) is 24.2. The summed E-state index contributed by atoms with van der Waals surface area (Å²) in [6, 6.07) is 0. The van der Waals surface area contributed by atoms with Crippen LogP contribution >= 0.6 is 0 Å². The summed E-state index contributed by atoms with van der Waals surface area (Å²) >= 11 is 0. The molecule has 0 amide bonds. The van der Waals surface area contributed by atoms with Gasteiger partial charge in [0.25, 0.3) is 0 Å². The van der Waals surface area contributed by atoms with E-state index in [9.17, 15) is 56.2 Å². The number of aliphatic hydroxyl groups excluding tert-OH is 11. The molecule has 11 N–H and O–H groups in total. The molecule has 0 unspecified atom stereocenters. The van der Waals surface area contributed by atoms with Crippen molar-refractivity contribution in [2.75, 3.05) is 26.9 Å². The molecule has 65 heavy (non-hydrogen) atoms. The first-order chi connectivity index (χ1) is 30.7. The lowest BCUT2D eigenvalue weighted by Gasteiger charge is -2.62. The number of fused-ring (bicyclic) bond motifs is 7. The number of methoxy groups -OCH3 is 1. The summed E-state index contributed by atoms with van der Waals surface area (Å²) in [6.45, 7) is 9.60. The fourth-order valence-electron chi connectivity index (χ4n) is 14.5. The van der Waals surface area contributed by atoms with Crippen molar-refractivity contribution in [1.29, 1.82) is 0 Å². The maximum absolute atomic E-state index is 11.9. The standard InChI is InChI=1S/C46H78O19/c1-19(18-59-41-38(56)36(54)33(51)29(16-47)62-41)9-12-46(58-6)20(2)31-28(65-46)14-25-23-8-7-22-13-27(26(49)15-45(22,5)24(23)10-11-44(25,31)4)61-43-40(37(55)34(52)30(17-48)63-43)64-42-39(57)35(53)32(50)21(3)60-42/h19-43,47-57H,7-18H2,1-6H3/t19-,20+,21+,22+,23-,24+,25+,26-,27-,28+,29-,30-,31+,32+,33-,34+,35-,36+,37+,38-,39-,40-,41-,42+,43-,44+,45+,46+/m1/s1. The van der Waals surface area contributed by atoms with Crippen molar-refractivity contribution in [3.05, 3.63) is 0 Å². The molecule has 19 nitrogen and oxygen atoms in total. The first-order valence-electron chi connectivity index (χ1n) is 24.2. The van der Waals surface area contributed by atoms with Crippen molar-refractivity contribution in [2.45, 2.75) is 209 Å². The van der Waals surface area contributed by atoms with Crippen LogP contribution in [0.25, 0.3) is 0 Å². The van der Waals surface area contributed by atoms with Gasteiger partial charge in [-0.2, -0.15) is 0 Å². The van der Waals surface area contributed by atoms with Crippen LogP contribution < -0.4 is 0 Å². The fourth-order valence-corrected chi connectivity index (χ4v) is 14.5. The second-order valence-corrected chi connectivity index (χ2v) is 21.8. The molecule has 0 radical (unpaired) electrons. The third-order valence-electron chi connectivity index (χ3n) is 18.3. The van der Waals surface area contributed by atoms with Gasteiger partial charge in [-0.25, -0.2) is 0 Å². The van der Waals surface area contributed by atoms with Gasteiger partial charge in [-0.1, -0.05) is 27.7 Å². The van der Waals surface area contributed by atoms with E-state index in [1.807, 2.05) is 6.92 Å². The van der Waals surface area contributed by atoms with E-state index in [0.29, 0.717) is 43.4 Å². The van der Waals surface area contributed by atoms with E-state index in [1.54, 1.807) is 7.11 Å². The van der Waals surface area contributed by atoms with E-state index >= 15 is 0 Å². The highest BCUT2D eigenvalue weighted by atomic mass is 16.8. The topological polar surface area (TPSA) is 296 Å². The van der Waals surface area contributed by atoms with Crippen LogP contribution in [0.4, 0.5) is 0 Å². The Hall–Kier alpha value is -0.760. The van der Waals surface area contributed by atoms with Crippen LogP contribution in [-0.2, 0) is 37.9 Å². The van der Waals surface area contributed by atoms with Crippen LogP contribution in [0.15, 0.2) is 0 Å². The molecule has 0 aromatic rings. The van der Waals surface area contributed by atoms with E-state index < -0.39 is 123 Å². The van der Waals surface area contributed by atoms with Crippen LogP contribution in [-0.4, -0.2) is 199 Å². The maximum atomic E-state index is 11.9. The second-order valence-electron chi connectivity index (χ2n) is 21.8. The first kappa shape index (κ1) is 50.6. The number of ether oxygens (including phenoxy) is 8. The molecule has 0 bridgehead atoms. The third-order valence-corrected chi connectivity index (χ3v) is 18.3. The highest BCUT2D eigenvalue weighted by Crippen LogP contribution is 2.71. The lowest BCUT2D eigenvalue weighted by Crippen LogP contribution is -2.65. The van der Waals surface area contributed by atoms with Crippen molar-refractivity contribution in [2.24, 2.45) is 52.3 Å². The minimum atomic E-state index is -1.69. The lowest BCUT2D eigenvalue weighted by atomic mass is 9.44. The van der Waals surface area contributed by atoms with Gasteiger partial charge in [0.1, 0.15) is 67.1 Å². The van der Waals surface area contributed by atoms with E-state index in [0.717, 1.165) is 32.1 Å². The maximum Gasteiger partial charge on any atom is 0.187 e. The van der Waals surface area contributed by atoms with Crippen molar-refractivity contribution in [3.63, 3.8) is 0 Å². The second kappa shape index (κ2) is 19.4. The van der Waals surface area contributed by atoms with Gasteiger partial charge in [0.05, 0.1) is 44.2 Å². The molecule has 0 spiro atoms. The molecule has 8 fully saturated rings. The molecule has 0 aromatic heterocycles. The molecule has 8 aliphatic rings. The Morgan fingerprint density at radius 2 is 1.32 bits per heavy atom. The summed E-state index contributed by atoms with van der Waals surface area (Å²) in [4.78, 5) is 0. The molecule has 4 saturated carbocycles. The van der Waals surface area contributed by atoms with Gasteiger partial charge >= 0.3 is 0 Å². The van der Waals surface area contributed by atoms with E-state index in [1.165, 1.54) is 6.92 Å². The number of hydrogen-bond donors (Lipinski definition) is 11. The van der Waals surface area contributed by atoms with Crippen molar-refractivity contribution in [1.82, 2.24) is 0 Å². The summed E-state index contributed by atoms with van der Waals surface area (Å²) < 4.78 is 48.7. The molecular weight excluding hydrogens is 856 g/mol. The predicted molar refractivity (Wildman–Crippen MR) is 224 cm³/mol. The number of rotatable bonds is 13. The molecule has 19 heteroatoms. The van der Waals surface area contributed by atoms with Crippen LogP contribution in [0.2, 0.25) is 0 Å². The van der Waals surface area contributed by atoms with Gasteiger partial charge in [0.15, 0.2) is 24.7 Å². The fraction of sp³-hybridized carbons (Fsp3) is 1.00. The average Bonchev–Trinajstić information content (AvgIpc) is 3.74. The quantitative estimate of drug-likeness (QED) is 0.0975. The Balaban J connectivity index is 0.894. The normalized spacial score (nSPS) is 56.1. The lowest BCUT2D eigenvalue weighted by molar-refractivity contribution is -0.374. The van der Waals surface area contributed by atoms with Gasteiger partial charge < -0.3 is 94.1 Å². The van der Waals surface area contributed by atoms with Crippen LogP contribution in [0.1, 0.15) is 92.4 Å². The summed E-state index contributed by atoms with van der Waals surface area (Å²) in [5.74, 6) is 1.07. The minimum Gasteiger partial charge on any atom is -0.394 e. The van der Waals surface area contributed by atoms with Gasteiger partial charge in [0.2, 0.25) is 0 Å². The van der Waals surface area contributed by atoms with E-state index in [2.05, 4.69) is 20.8 Å². The average molecular weight is 935 g/mol. The Labute approximate surface area is 381 Å². The molecule has 0 aromatic carbocycles. The van der Waals surface area contributed by atoms with Crippen LogP contribution in [0, 0.1) is 52.3 Å². The molecule has 4 aliphatic heterocycles. The highest BCUT2D eigenvalue weighted by Gasteiger charge is 2.69. The molecule has 4 heterocycles. The Morgan fingerprint density at radius 1 is 0.677 bits per heavy atom. The smallest absolute Gasteiger partial charge is 0.187 e. The summed E-state index contributed by atoms with van der Waals surface area (Å²) in [7, 11) is 1.72. The number of aliphatic hydroxyl groups is 11. The van der Waals surface area contributed by atoms with Crippen molar-refractivity contribution >= 4 is 0 Å². The van der Waals surface area contributed by atoms with Crippen molar-refractivity contribution < 1.29 is 94.1 Å². The highest BCUT2D eigenvalue weighted by molar-refractivity contribution is 5.16. The minimum absolute atomic E-state index is 0.0121. The Kier molecular flexibility index (Phi) is 15.1. The number of hydrogen-bond acceptors (Lipinski definition) is 19. The zero-order chi connectivity index (χ0) is 47.1. The van der Waals surface area contributed by atoms with Crippen molar-refractivity contribution in [3.8, 4) is 0 Å². The Bertz CT molecular complexity index is 1600. The summed E-state index contributed by atoms with van der Waals surface area (Å²) in [5.41, 5.74) is -0.160. The molecule has 4 saturated heterocycles. The van der Waals surface area contributed by atoms with Gasteiger partial charge in [-0.3, -0.25) is 0 Å². The molecular formula is C46H78O19. The monoisotopic (exact) mass is 935 g/mol. The zero-order valence-electron chi connectivity index (χ0n) is 38.6. The SMILES string of the molecule is CO[C@@]1(CC[C@@H](C)CO[C@@H]2O[C@H](CO)[C@@H](O)[C@H](O)[C@H]2O)O[C@H]2C[C@H]3[C@@H]4CC[C@H]5C[C@@H](O[C@@H]6O[C@H](CO)[C@H](O)[C@H](O)[C@H]6O[C@@H]6O[C@@H](C)[C@H](O)[C@@H](O)[C@H]6O)[C@H](O)C[C@]5(C)[C@H]4CC[C@]3(C)[C@H]2[C@@H]1C. The Morgan fingerprint density at radius 3 is 2.00 bits per heavy atom. The van der Waals surface area contributed by atoms with Gasteiger partial charge in [0, 0.05) is 19.4 Å². The summed E-state index contributed by atoms with van der Waals surface area (Å²) in [6.07, 6.45) is -15.4. The molecule has 28 atom stereocenters. The van der Waals surface area contributed by atoms with Gasteiger partial charge in [-0.05, 0) is 105 Å². The predicted octanol–water partition coefficient (Wildman–Crippen LogP) is -1.13. The largest absolute Gasteiger partial charge is 0.394 e. The van der Waals surface area contributed by atoms with Gasteiger partial charge in [-0.15, -0.1) is 0 Å². The van der Waals surface area contributed by atoms with Crippen LogP contribution in [0.5, 0.6) is 0 Å². The molecule has 376 valence electrons. The van der Waals surface area contributed by atoms with E-state index in [4.69, 9.17) is 37.9 Å². The van der Waals surface area contributed by atoms with E-state index in [-0.39, 0.29) is 47.2 Å². The summed E-state index contributed by atoms with van der Waals surface area (Å²) in [5, 5.41) is 116. The van der Waals surface area contributed by atoms with Crippen LogP contribution in [0.3, 0.4) is 0 Å². The zero-order valence-corrected chi connectivity index (χ0v) is 38.6.